The van der Waals surface area contributed by atoms with Crippen molar-refractivity contribution in [3.8, 4) is 0 Å². The molecule has 0 bridgehead atoms. The van der Waals surface area contributed by atoms with Crippen LogP contribution in [0.2, 0.25) is 0 Å². The fourth-order valence-electron chi connectivity index (χ4n) is 2.24. The molecule has 2 saturated heterocycles. The van der Waals surface area contributed by atoms with Crippen LogP contribution < -0.4 is 5.32 Å². The lowest BCUT2D eigenvalue weighted by atomic mass is 10.1. The van der Waals surface area contributed by atoms with Crippen LogP contribution in [0, 0.1) is 0 Å². The van der Waals surface area contributed by atoms with Crippen molar-refractivity contribution >= 4 is 36.0 Å². The number of nitrogens with zero attached hydrogens (tertiary/aromatic N) is 2. The molecule has 2 amide bonds. The first kappa shape index (κ1) is 15.6. The normalized spacial score (nSPS) is 24.1. The molecule has 0 radical (unpaired) electrons. The first-order chi connectivity index (χ1) is 8.20. The molecule has 1 atom stereocenters. The van der Waals surface area contributed by atoms with E-state index in [1.54, 1.807) is 16.7 Å². The number of rotatable bonds is 3. The van der Waals surface area contributed by atoms with Gasteiger partial charge in [0.15, 0.2) is 0 Å². The molecule has 0 spiro atoms. The van der Waals surface area contributed by atoms with Crippen molar-refractivity contribution in [2.45, 2.75) is 18.9 Å². The fraction of sp³-hybridized carbons (Fsp3) is 0.818. The second kappa shape index (κ2) is 7.21. The van der Waals surface area contributed by atoms with Crippen molar-refractivity contribution in [1.29, 1.82) is 0 Å². The molecule has 0 aromatic heterocycles. The summed E-state index contributed by atoms with van der Waals surface area (Å²) >= 11 is 1.58. The van der Waals surface area contributed by atoms with Gasteiger partial charge < -0.3 is 15.1 Å². The van der Waals surface area contributed by atoms with Crippen molar-refractivity contribution in [2.75, 3.05) is 38.3 Å². The van der Waals surface area contributed by atoms with Crippen LogP contribution in [0.1, 0.15) is 12.8 Å². The van der Waals surface area contributed by atoms with E-state index in [9.17, 15) is 9.59 Å². The zero-order valence-electron chi connectivity index (χ0n) is 10.6. The molecule has 2 aliphatic rings. The highest BCUT2D eigenvalue weighted by Gasteiger charge is 2.27. The maximum absolute atomic E-state index is 12.1. The molecule has 1 unspecified atom stereocenters. The van der Waals surface area contributed by atoms with E-state index in [4.69, 9.17) is 0 Å². The van der Waals surface area contributed by atoms with Crippen molar-refractivity contribution < 1.29 is 9.59 Å². The molecule has 2 rings (SSSR count). The van der Waals surface area contributed by atoms with Crippen molar-refractivity contribution in [1.82, 2.24) is 15.1 Å². The minimum Gasteiger partial charge on any atom is -0.340 e. The van der Waals surface area contributed by atoms with Gasteiger partial charge in [-0.2, -0.15) is 0 Å². The highest BCUT2D eigenvalue weighted by atomic mass is 35.5. The molecule has 2 fully saturated rings. The second-order valence-electron chi connectivity index (χ2n) is 4.54. The highest BCUT2D eigenvalue weighted by molar-refractivity contribution is 8.00. The van der Waals surface area contributed by atoms with E-state index in [1.165, 1.54) is 0 Å². The molecule has 2 aliphatic heterocycles. The summed E-state index contributed by atoms with van der Waals surface area (Å²) in [7, 11) is 1.93. The number of halogens is 1. The summed E-state index contributed by atoms with van der Waals surface area (Å²) < 4.78 is 0. The number of piperidine rings is 1. The summed E-state index contributed by atoms with van der Waals surface area (Å²) in [5.41, 5.74) is 0. The number of likely N-dealkylation sites (N-methyl/N-ethyl adjacent to an activating group) is 1. The van der Waals surface area contributed by atoms with Gasteiger partial charge in [-0.1, -0.05) is 0 Å². The van der Waals surface area contributed by atoms with Gasteiger partial charge in [0.25, 0.3) is 0 Å². The molecular weight excluding hydrogens is 274 g/mol. The molecule has 5 nitrogen and oxygen atoms in total. The monoisotopic (exact) mass is 293 g/mol. The van der Waals surface area contributed by atoms with Crippen LogP contribution in [-0.4, -0.2) is 66.0 Å². The topological polar surface area (TPSA) is 52.7 Å². The van der Waals surface area contributed by atoms with Crippen molar-refractivity contribution in [3.63, 3.8) is 0 Å². The predicted octanol–water partition coefficient (Wildman–Crippen LogP) is 0.152. The van der Waals surface area contributed by atoms with Gasteiger partial charge in [-0.05, 0) is 19.9 Å². The fourth-order valence-corrected chi connectivity index (χ4v) is 3.15. The van der Waals surface area contributed by atoms with Gasteiger partial charge in [-0.15, -0.1) is 24.2 Å². The van der Waals surface area contributed by atoms with Gasteiger partial charge in [0.05, 0.1) is 11.6 Å². The standard InChI is InChI=1S/C11H19N3O2S.ClH/c1-12-9-3-2-4-13(5-9)10(15)6-14-8-17-7-11(14)16;/h9,12H,2-8H2,1H3;1H. The maximum atomic E-state index is 12.1. The Kier molecular flexibility index (Phi) is 6.25. The lowest BCUT2D eigenvalue weighted by Crippen LogP contribution is -2.50. The summed E-state index contributed by atoms with van der Waals surface area (Å²) in [6.07, 6.45) is 2.17. The molecule has 0 aromatic carbocycles. The first-order valence-electron chi connectivity index (χ1n) is 6.01. The molecule has 2 heterocycles. The van der Waals surface area contributed by atoms with Crippen LogP contribution in [0.4, 0.5) is 0 Å². The Bertz CT molecular complexity index is 317. The summed E-state index contributed by atoms with van der Waals surface area (Å²) in [6.45, 7) is 1.85. The quantitative estimate of drug-likeness (QED) is 0.805. The van der Waals surface area contributed by atoms with Gasteiger partial charge in [0, 0.05) is 19.1 Å². The molecule has 0 aromatic rings. The van der Waals surface area contributed by atoms with Gasteiger partial charge in [-0.3, -0.25) is 9.59 Å². The minimum atomic E-state index is 0. The Morgan fingerprint density at radius 3 is 2.94 bits per heavy atom. The smallest absolute Gasteiger partial charge is 0.242 e. The molecule has 0 aliphatic carbocycles. The summed E-state index contributed by atoms with van der Waals surface area (Å²) in [6, 6.07) is 0.399. The average molecular weight is 294 g/mol. The van der Waals surface area contributed by atoms with Crippen LogP contribution >= 0.6 is 24.2 Å². The third-order valence-electron chi connectivity index (χ3n) is 3.33. The molecule has 0 saturated carbocycles. The van der Waals surface area contributed by atoms with E-state index >= 15 is 0 Å². The number of thioether (sulfide) groups is 1. The van der Waals surface area contributed by atoms with E-state index < -0.39 is 0 Å². The van der Waals surface area contributed by atoms with Crippen molar-refractivity contribution in [3.05, 3.63) is 0 Å². The minimum absolute atomic E-state index is 0. The van der Waals surface area contributed by atoms with Crippen molar-refractivity contribution in [2.24, 2.45) is 0 Å². The van der Waals surface area contributed by atoms with E-state index in [2.05, 4.69) is 5.32 Å². The van der Waals surface area contributed by atoms with Gasteiger partial charge in [0.2, 0.25) is 11.8 Å². The lowest BCUT2D eigenvalue weighted by Gasteiger charge is -2.33. The largest absolute Gasteiger partial charge is 0.340 e. The van der Waals surface area contributed by atoms with E-state index in [0.29, 0.717) is 17.7 Å². The zero-order chi connectivity index (χ0) is 12.3. The van der Waals surface area contributed by atoms with E-state index in [1.807, 2.05) is 11.9 Å². The summed E-state index contributed by atoms with van der Waals surface area (Å²) in [5, 5.41) is 3.21. The molecule has 18 heavy (non-hydrogen) atoms. The lowest BCUT2D eigenvalue weighted by molar-refractivity contribution is -0.138. The van der Waals surface area contributed by atoms with Crippen LogP contribution in [-0.2, 0) is 9.59 Å². The first-order valence-corrected chi connectivity index (χ1v) is 7.16. The van der Waals surface area contributed by atoms with Crippen LogP contribution in [0.3, 0.4) is 0 Å². The van der Waals surface area contributed by atoms with Crippen LogP contribution in [0.25, 0.3) is 0 Å². The van der Waals surface area contributed by atoms with Gasteiger partial charge in [-0.25, -0.2) is 0 Å². The highest BCUT2D eigenvalue weighted by Crippen LogP contribution is 2.16. The average Bonchev–Trinajstić information content (AvgIpc) is 2.75. The Labute approximate surface area is 118 Å². The number of hydrogen-bond donors (Lipinski definition) is 1. The number of hydrogen-bond acceptors (Lipinski definition) is 4. The van der Waals surface area contributed by atoms with Gasteiger partial charge in [0.1, 0.15) is 6.54 Å². The zero-order valence-corrected chi connectivity index (χ0v) is 12.2. The Morgan fingerprint density at radius 2 is 2.33 bits per heavy atom. The van der Waals surface area contributed by atoms with Gasteiger partial charge >= 0.3 is 0 Å². The number of nitrogens with one attached hydrogen (secondary N) is 1. The molecule has 104 valence electrons. The van der Waals surface area contributed by atoms with Crippen LogP contribution in [0.5, 0.6) is 0 Å². The molecular formula is C11H20ClN3O2S. The number of likely N-dealkylation sites (tertiary alicyclic amines) is 1. The van der Waals surface area contributed by atoms with E-state index in [0.717, 1.165) is 25.9 Å². The Hall–Kier alpha value is -0.460. The predicted molar refractivity (Wildman–Crippen MR) is 74.9 cm³/mol. The Morgan fingerprint density at radius 1 is 1.56 bits per heavy atom. The SMILES string of the molecule is CNC1CCCN(C(=O)CN2CSCC2=O)C1.Cl. The summed E-state index contributed by atoms with van der Waals surface area (Å²) in [4.78, 5) is 27.0. The maximum Gasteiger partial charge on any atom is 0.242 e. The third-order valence-corrected chi connectivity index (χ3v) is 4.28. The Balaban J connectivity index is 0.00000162. The second-order valence-corrected chi connectivity index (χ2v) is 5.49. The summed E-state index contributed by atoms with van der Waals surface area (Å²) in [5.74, 6) is 1.35. The third kappa shape index (κ3) is 3.76. The van der Waals surface area contributed by atoms with Crippen LogP contribution in [0.15, 0.2) is 0 Å². The molecule has 1 N–H and O–H groups in total. The number of carbonyl (C=O) groups is 2. The van der Waals surface area contributed by atoms with E-state index in [-0.39, 0.29) is 30.8 Å². The number of amides is 2. The molecule has 7 heteroatoms. The number of carbonyl (C=O) groups excluding carboxylic acids is 2.